The topological polar surface area (TPSA) is 46.3 Å². The van der Waals surface area contributed by atoms with Crippen LogP contribution in [0.25, 0.3) is 11.1 Å². The maximum Gasteiger partial charge on any atom is 0.264 e. The summed E-state index contributed by atoms with van der Waals surface area (Å²) < 4.78 is 13.1. The SMILES string of the molecule is Cc1sc(C(=O)N2CCC(N)CC2C)cc1-c1ccc(F)cc1. The second-order valence-corrected chi connectivity index (χ2v) is 7.48. The predicted molar refractivity (Wildman–Crippen MR) is 92.2 cm³/mol. The Morgan fingerprint density at radius 1 is 1.35 bits per heavy atom. The van der Waals surface area contributed by atoms with Crippen LogP contribution in [0.3, 0.4) is 0 Å². The number of carbonyl (C=O) groups excluding carboxylic acids is 1. The number of piperidine rings is 1. The minimum absolute atomic E-state index is 0.0749. The molecule has 1 aromatic heterocycles. The summed E-state index contributed by atoms with van der Waals surface area (Å²) in [5, 5.41) is 0. The summed E-state index contributed by atoms with van der Waals surface area (Å²) >= 11 is 1.50. The largest absolute Gasteiger partial charge is 0.335 e. The molecule has 0 aliphatic carbocycles. The summed E-state index contributed by atoms with van der Waals surface area (Å²) in [7, 11) is 0. The number of halogens is 1. The van der Waals surface area contributed by atoms with E-state index < -0.39 is 0 Å². The summed E-state index contributed by atoms with van der Waals surface area (Å²) in [6.45, 7) is 4.76. The average molecular weight is 332 g/mol. The van der Waals surface area contributed by atoms with Crippen LogP contribution in [0.4, 0.5) is 4.39 Å². The Labute approximate surface area is 139 Å². The number of likely N-dealkylation sites (tertiary alicyclic amines) is 1. The molecule has 0 radical (unpaired) electrons. The molecule has 0 bridgehead atoms. The lowest BCUT2D eigenvalue weighted by molar-refractivity contribution is 0.0624. The number of rotatable bonds is 2. The fourth-order valence-corrected chi connectivity index (χ4v) is 4.15. The summed E-state index contributed by atoms with van der Waals surface area (Å²) in [5.41, 5.74) is 7.91. The van der Waals surface area contributed by atoms with Crippen molar-refractivity contribution in [2.24, 2.45) is 5.73 Å². The molecule has 122 valence electrons. The van der Waals surface area contributed by atoms with Gasteiger partial charge in [0.1, 0.15) is 5.82 Å². The first kappa shape index (κ1) is 16.1. The normalized spacial score (nSPS) is 21.5. The molecule has 1 aliphatic heterocycles. The van der Waals surface area contributed by atoms with Gasteiger partial charge in [-0.1, -0.05) is 12.1 Å². The monoisotopic (exact) mass is 332 g/mol. The van der Waals surface area contributed by atoms with E-state index in [0.717, 1.165) is 33.7 Å². The highest BCUT2D eigenvalue weighted by Gasteiger charge is 2.29. The van der Waals surface area contributed by atoms with Crippen LogP contribution < -0.4 is 5.73 Å². The molecule has 1 aliphatic rings. The van der Waals surface area contributed by atoms with Gasteiger partial charge in [-0.3, -0.25) is 4.79 Å². The van der Waals surface area contributed by atoms with Gasteiger partial charge in [-0.15, -0.1) is 11.3 Å². The van der Waals surface area contributed by atoms with Crippen LogP contribution in [0.2, 0.25) is 0 Å². The Kier molecular flexibility index (Phi) is 4.50. The Morgan fingerprint density at radius 3 is 2.70 bits per heavy atom. The lowest BCUT2D eigenvalue weighted by atomic mass is 9.99. The number of amides is 1. The van der Waals surface area contributed by atoms with Crippen molar-refractivity contribution in [1.82, 2.24) is 4.90 Å². The smallest absolute Gasteiger partial charge is 0.264 e. The van der Waals surface area contributed by atoms with Crippen LogP contribution in [-0.4, -0.2) is 29.4 Å². The Hall–Kier alpha value is -1.72. The quantitative estimate of drug-likeness (QED) is 0.909. The van der Waals surface area contributed by atoms with Crippen molar-refractivity contribution < 1.29 is 9.18 Å². The molecule has 2 atom stereocenters. The molecule has 1 amide bonds. The van der Waals surface area contributed by atoms with Gasteiger partial charge in [-0.25, -0.2) is 4.39 Å². The third kappa shape index (κ3) is 3.31. The molecule has 1 fully saturated rings. The number of thiophene rings is 1. The van der Waals surface area contributed by atoms with Gasteiger partial charge in [0, 0.05) is 23.5 Å². The van der Waals surface area contributed by atoms with Gasteiger partial charge in [0.15, 0.2) is 0 Å². The van der Waals surface area contributed by atoms with Gasteiger partial charge in [0.25, 0.3) is 5.91 Å². The third-order valence-corrected chi connectivity index (χ3v) is 5.50. The van der Waals surface area contributed by atoms with Crippen molar-refractivity contribution in [2.45, 2.75) is 38.8 Å². The van der Waals surface area contributed by atoms with Gasteiger partial charge in [-0.05, 0) is 56.0 Å². The highest BCUT2D eigenvalue weighted by Crippen LogP contribution is 2.32. The van der Waals surface area contributed by atoms with E-state index in [9.17, 15) is 9.18 Å². The number of aryl methyl sites for hydroxylation is 1. The minimum atomic E-state index is -0.253. The lowest BCUT2D eigenvalue weighted by Crippen LogP contribution is -2.48. The van der Waals surface area contributed by atoms with E-state index in [1.807, 2.05) is 17.9 Å². The second-order valence-electron chi connectivity index (χ2n) is 6.22. The number of benzene rings is 1. The van der Waals surface area contributed by atoms with Crippen LogP contribution >= 0.6 is 11.3 Å². The zero-order chi connectivity index (χ0) is 16.6. The zero-order valence-corrected chi connectivity index (χ0v) is 14.2. The van der Waals surface area contributed by atoms with Crippen molar-refractivity contribution in [3.05, 3.63) is 45.9 Å². The highest BCUT2D eigenvalue weighted by molar-refractivity contribution is 7.14. The van der Waals surface area contributed by atoms with Crippen LogP contribution in [0.1, 0.15) is 34.3 Å². The lowest BCUT2D eigenvalue weighted by Gasteiger charge is -2.36. The average Bonchev–Trinajstić information content (AvgIpc) is 2.89. The van der Waals surface area contributed by atoms with Crippen molar-refractivity contribution in [1.29, 1.82) is 0 Å². The van der Waals surface area contributed by atoms with Gasteiger partial charge in [0.05, 0.1) is 4.88 Å². The fourth-order valence-electron chi connectivity index (χ4n) is 3.16. The maximum atomic E-state index is 13.1. The molecule has 3 nitrogen and oxygen atoms in total. The maximum absolute atomic E-state index is 13.1. The first-order valence-electron chi connectivity index (χ1n) is 7.88. The first-order valence-corrected chi connectivity index (χ1v) is 8.70. The summed E-state index contributed by atoms with van der Waals surface area (Å²) in [6.07, 6.45) is 1.70. The summed E-state index contributed by atoms with van der Waals surface area (Å²) in [4.78, 5) is 16.5. The Balaban J connectivity index is 1.85. The number of hydrogen-bond acceptors (Lipinski definition) is 3. The Morgan fingerprint density at radius 2 is 2.04 bits per heavy atom. The molecule has 2 unspecified atom stereocenters. The van der Waals surface area contributed by atoms with Crippen molar-refractivity contribution in [3.63, 3.8) is 0 Å². The van der Waals surface area contributed by atoms with Crippen molar-refractivity contribution >= 4 is 17.2 Å². The summed E-state index contributed by atoms with van der Waals surface area (Å²) in [5.74, 6) is -0.178. The van der Waals surface area contributed by atoms with Gasteiger partial charge >= 0.3 is 0 Å². The molecule has 23 heavy (non-hydrogen) atoms. The molecule has 0 spiro atoms. The fraction of sp³-hybridized carbons (Fsp3) is 0.389. The predicted octanol–water partition coefficient (Wildman–Crippen LogP) is 3.81. The molecular weight excluding hydrogens is 311 g/mol. The highest BCUT2D eigenvalue weighted by atomic mass is 32.1. The Bertz CT molecular complexity index is 710. The van der Waals surface area contributed by atoms with Crippen LogP contribution in [-0.2, 0) is 0 Å². The molecule has 2 heterocycles. The first-order chi connectivity index (χ1) is 11.0. The van der Waals surface area contributed by atoms with Gasteiger partial charge in [-0.2, -0.15) is 0 Å². The number of carbonyl (C=O) groups is 1. The number of nitrogens with zero attached hydrogens (tertiary/aromatic N) is 1. The second kappa shape index (κ2) is 6.42. The molecule has 5 heteroatoms. The molecular formula is C18H21FN2OS. The minimum Gasteiger partial charge on any atom is -0.335 e. The van der Waals surface area contributed by atoms with E-state index in [-0.39, 0.29) is 23.8 Å². The molecule has 3 rings (SSSR count). The van der Waals surface area contributed by atoms with Gasteiger partial charge in [0.2, 0.25) is 0 Å². The zero-order valence-electron chi connectivity index (χ0n) is 13.4. The summed E-state index contributed by atoms with van der Waals surface area (Å²) in [6, 6.07) is 8.68. The van der Waals surface area contributed by atoms with E-state index in [4.69, 9.17) is 5.73 Å². The molecule has 1 saturated heterocycles. The third-order valence-electron chi connectivity index (χ3n) is 4.46. The van der Waals surface area contributed by atoms with E-state index >= 15 is 0 Å². The van der Waals surface area contributed by atoms with E-state index in [1.165, 1.54) is 23.5 Å². The molecule has 2 aromatic rings. The standard InChI is InChI=1S/C18H21FN2OS/c1-11-9-15(20)7-8-21(11)18(22)17-10-16(12(2)23-17)13-3-5-14(19)6-4-13/h3-6,10-11,15H,7-9,20H2,1-2H3. The molecule has 0 saturated carbocycles. The van der Waals surface area contributed by atoms with Gasteiger partial charge < -0.3 is 10.6 Å². The van der Waals surface area contributed by atoms with E-state index in [2.05, 4.69) is 6.92 Å². The number of hydrogen-bond donors (Lipinski definition) is 1. The van der Waals surface area contributed by atoms with E-state index in [1.54, 1.807) is 12.1 Å². The van der Waals surface area contributed by atoms with Crippen molar-refractivity contribution in [3.8, 4) is 11.1 Å². The van der Waals surface area contributed by atoms with Crippen LogP contribution in [0.5, 0.6) is 0 Å². The van der Waals surface area contributed by atoms with Crippen molar-refractivity contribution in [2.75, 3.05) is 6.54 Å². The van der Waals surface area contributed by atoms with Crippen LogP contribution in [0, 0.1) is 12.7 Å². The van der Waals surface area contributed by atoms with E-state index in [0.29, 0.717) is 6.54 Å². The molecule has 1 aromatic carbocycles. The molecule has 2 N–H and O–H groups in total. The van der Waals surface area contributed by atoms with Crippen LogP contribution in [0.15, 0.2) is 30.3 Å². The number of nitrogens with two attached hydrogens (primary N) is 1.